The number of nitrogens with zero attached hydrogens (tertiary/aromatic N) is 3. The minimum atomic E-state index is -3.52. The van der Waals surface area contributed by atoms with Crippen LogP contribution in [0.5, 0.6) is 5.75 Å². The molecule has 7 nitrogen and oxygen atoms in total. The molecule has 1 fully saturated rings. The largest absolute Gasteiger partial charge is 0.497 e. The van der Waals surface area contributed by atoms with Crippen LogP contribution in [0.2, 0.25) is 0 Å². The Bertz CT molecular complexity index is 835. The van der Waals surface area contributed by atoms with E-state index >= 15 is 0 Å². The van der Waals surface area contributed by atoms with Gasteiger partial charge in [-0.2, -0.15) is 0 Å². The Morgan fingerprint density at radius 2 is 1.92 bits per heavy atom. The predicted molar refractivity (Wildman–Crippen MR) is 99.9 cm³/mol. The van der Waals surface area contributed by atoms with Crippen molar-refractivity contribution in [1.82, 2.24) is 14.7 Å². The van der Waals surface area contributed by atoms with Gasteiger partial charge in [0.25, 0.3) is 0 Å². The first-order chi connectivity index (χ1) is 12.5. The molecule has 2 aromatic rings. The van der Waals surface area contributed by atoms with Gasteiger partial charge < -0.3 is 9.64 Å². The van der Waals surface area contributed by atoms with E-state index in [0.717, 1.165) is 31.9 Å². The fourth-order valence-corrected chi connectivity index (χ4v) is 4.49. The van der Waals surface area contributed by atoms with Crippen molar-refractivity contribution < 1.29 is 13.2 Å². The average Bonchev–Trinajstić information content (AvgIpc) is 2.67. The smallest absolute Gasteiger partial charge is 0.240 e. The lowest BCUT2D eigenvalue weighted by atomic mass is 9.97. The third-order valence-electron chi connectivity index (χ3n) is 4.68. The molecule has 1 aromatic carbocycles. The maximum atomic E-state index is 12.6. The molecule has 0 unspecified atom stereocenters. The SMILES string of the molecule is COc1ccc(S(=O)(=O)NCC2CCN(c3ncccn3)CC2)c(C)c1. The van der Waals surface area contributed by atoms with Gasteiger partial charge in [-0.05, 0) is 55.5 Å². The van der Waals surface area contributed by atoms with E-state index in [4.69, 9.17) is 4.74 Å². The van der Waals surface area contributed by atoms with Gasteiger partial charge in [0.2, 0.25) is 16.0 Å². The summed E-state index contributed by atoms with van der Waals surface area (Å²) >= 11 is 0. The molecule has 140 valence electrons. The van der Waals surface area contributed by atoms with Gasteiger partial charge in [-0.15, -0.1) is 0 Å². The molecule has 1 saturated heterocycles. The van der Waals surface area contributed by atoms with Crippen molar-refractivity contribution in [3.8, 4) is 5.75 Å². The van der Waals surface area contributed by atoms with Gasteiger partial charge in [0.15, 0.2) is 0 Å². The van der Waals surface area contributed by atoms with Crippen LogP contribution in [-0.2, 0) is 10.0 Å². The lowest BCUT2D eigenvalue weighted by Gasteiger charge is -2.31. The van der Waals surface area contributed by atoms with E-state index < -0.39 is 10.0 Å². The number of nitrogens with one attached hydrogen (secondary N) is 1. The molecule has 0 atom stereocenters. The van der Waals surface area contributed by atoms with Crippen molar-refractivity contribution >= 4 is 16.0 Å². The molecule has 0 aliphatic carbocycles. The third-order valence-corrected chi connectivity index (χ3v) is 6.27. The minimum absolute atomic E-state index is 0.299. The zero-order chi connectivity index (χ0) is 18.6. The Balaban J connectivity index is 1.56. The first-order valence-corrected chi connectivity index (χ1v) is 10.1. The summed E-state index contributed by atoms with van der Waals surface area (Å²) in [5.41, 5.74) is 0.674. The molecule has 0 radical (unpaired) electrons. The molecule has 8 heteroatoms. The van der Waals surface area contributed by atoms with Crippen LogP contribution in [-0.4, -0.2) is 45.1 Å². The number of anilines is 1. The predicted octanol–water partition coefficient (Wildman–Crippen LogP) is 1.99. The number of hydrogen-bond acceptors (Lipinski definition) is 6. The number of benzene rings is 1. The minimum Gasteiger partial charge on any atom is -0.497 e. The van der Waals surface area contributed by atoms with Crippen molar-refractivity contribution in [3.63, 3.8) is 0 Å². The summed E-state index contributed by atoms with van der Waals surface area (Å²) in [6.45, 7) is 3.88. The Kier molecular flexibility index (Phi) is 5.73. The van der Waals surface area contributed by atoms with Gasteiger partial charge in [-0.3, -0.25) is 0 Å². The van der Waals surface area contributed by atoms with Crippen LogP contribution in [0.3, 0.4) is 0 Å². The van der Waals surface area contributed by atoms with Crippen LogP contribution in [0.4, 0.5) is 5.95 Å². The quantitative estimate of drug-likeness (QED) is 0.830. The first kappa shape index (κ1) is 18.6. The fourth-order valence-electron chi connectivity index (χ4n) is 3.15. The molecule has 0 spiro atoms. The molecule has 1 aliphatic heterocycles. The van der Waals surface area contributed by atoms with Crippen molar-refractivity contribution in [2.75, 3.05) is 31.6 Å². The molecule has 1 N–H and O–H groups in total. The first-order valence-electron chi connectivity index (χ1n) is 8.66. The van der Waals surface area contributed by atoms with Gasteiger partial charge in [0.05, 0.1) is 12.0 Å². The number of aromatic nitrogens is 2. The summed E-state index contributed by atoms with van der Waals surface area (Å²) in [6.07, 6.45) is 5.28. The van der Waals surface area contributed by atoms with E-state index in [-0.39, 0.29) is 0 Å². The van der Waals surface area contributed by atoms with Crippen LogP contribution < -0.4 is 14.4 Å². The molecular weight excluding hydrogens is 352 g/mol. The highest BCUT2D eigenvalue weighted by molar-refractivity contribution is 7.89. The van der Waals surface area contributed by atoms with E-state index in [1.54, 1.807) is 50.7 Å². The second-order valence-corrected chi connectivity index (χ2v) is 8.20. The number of methoxy groups -OCH3 is 1. The number of sulfonamides is 1. The Morgan fingerprint density at radius 3 is 2.54 bits per heavy atom. The molecule has 1 aliphatic rings. The maximum absolute atomic E-state index is 12.6. The maximum Gasteiger partial charge on any atom is 0.240 e. The summed E-state index contributed by atoms with van der Waals surface area (Å²) in [7, 11) is -1.96. The highest BCUT2D eigenvalue weighted by Gasteiger charge is 2.23. The molecule has 1 aromatic heterocycles. The van der Waals surface area contributed by atoms with Crippen LogP contribution in [0.15, 0.2) is 41.6 Å². The standard InChI is InChI=1S/C18H24N4O3S/c1-14-12-16(25-2)4-5-17(14)26(23,24)21-13-15-6-10-22(11-7-15)18-19-8-3-9-20-18/h3-5,8-9,12,15,21H,6-7,10-11,13H2,1-2H3. The highest BCUT2D eigenvalue weighted by atomic mass is 32.2. The lowest BCUT2D eigenvalue weighted by Crippen LogP contribution is -2.39. The molecule has 3 rings (SSSR count). The van der Waals surface area contributed by atoms with Crippen molar-refractivity contribution in [2.24, 2.45) is 5.92 Å². The second-order valence-electron chi connectivity index (χ2n) is 6.46. The van der Waals surface area contributed by atoms with E-state index in [1.807, 2.05) is 0 Å². The zero-order valence-electron chi connectivity index (χ0n) is 15.1. The molecule has 0 bridgehead atoms. The van der Waals surface area contributed by atoms with Gasteiger partial charge in [-0.1, -0.05) is 0 Å². The van der Waals surface area contributed by atoms with E-state index in [9.17, 15) is 8.42 Å². The third kappa shape index (κ3) is 4.31. The van der Waals surface area contributed by atoms with Crippen LogP contribution in [0.25, 0.3) is 0 Å². The van der Waals surface area contributed by atoms with Gasteiger partial charge in [0.1, 0.15) is 5.75 Å². The summed E-state index contributed by atoms with van der Waals surface area (Å²) in [6, 6.07) is 6.78. The molecular formula is C18H24N4O3S. The zero-order valence-corrected chi connectivity index (χ0v) is 15.9. The van der Waals surface area contributed by atoms with Gasteiger partial charge >= 0.3 is 0 Å². The lowest BCUT2D eigenvalue weighted by molar-refractivity contribution is 0.399. The van der Waals surface area contributed by atoms with Crippen LogP contribution in [0, 0.1) is 12.8 Å². The molecule has 0 saturated carbocycles. The summed E-state index contributed by atoms with van der Waals surface area (Å²) in [5, 5.41) is 0. The second kappa shape index (κ2) is 8.01. The van der Waals surface area contributed by atoms with Crippen molar-refractivity contribution in [1.29, 1.82) is 0 Å². The van der Waals surface area contributed by atoms with Crippen LogP contribution >= 0.6 is 0 Å². The summed E-state index contributed by atoms with van der Waals surface area (Å²) in [5.74, 6) is 1.70. The Labute approximate surface area is 154 Å². The van der Waals surface area contributed by atoms with Gasteiger partial charge in [0, 0.05) is 32.0 Å². The van der Waals surface area contributed by atoms with E-state index in [1.165, 1.54) is 0 Å². The highest BCUT2D eigenvalue weighted by Crippen LogP contribution is 2.23. The fraction of sp³-hybridized carbons (Fsp3) is 0.444. The number of ether oxygens (including phenoxy) is 1. The van der Waals surface area contributed by atoms with E-state index in [2.05, 4.69) is 19.6 Å². The molecule has 0 amide bonds. The summed E-state index contributed by atoms with van der Waals surface area (Å²) < 4.78 is 33.1. The monoisotopic (exact) mass is 376 g/mol. The topological polar surface area (TPSA) is 84.4 Å². The molecule has 26 heavy (non-hydrogen) atoms. The summed E-state index contributed by atoms with van der Waals surface area (Å²) in [4.78, 5) is 11.0. The number of hydrogen-bond donors (Lipinski definition) is 1. The van der Waals surface area contributed by atoms with Gasteiger partial charge in [-0.25, -0.2) is 23.1 Å². The number of rotatable bonds is 6. The number of aryl methyl sites for hydroxylation is 1. The van der Waals surface area contributed by atoms with E-state index in [0.29, 0.717) is 28.7 Å². The Morgan fingerprint density at radius 1 is 1.23 bits per heavy atom. The van der Waals surface area contributed by atoms with Crippen LogP contribution in [0.1, 0.15) is 18.4 Å². The molecule has 2 heterocycles. The average molecular weight is 376 g/mol. The Hall–Kier alpha value is -2.19. The number of piperidine rings is 1. The normalized spacial score (nSPS) is 15.8. The van der Waals surface area contributed by atoms with Crippen molar-refractivity contribution in [3.05, 3.63) is 42.2 Å². The van der Waals surface area contributed by atoms with Crippen molar-refractivity contribution in [2.45, 2.75) is 24.7 Å².